The number of hydrogen-bond donors (Lipinski definition) is 0. The Morgan fingerprint density at radius 3 is 2.30 bits per heavy atom. The maximum atomic E-state index is 9.76. The molecular weight excluding hydrogens is 387 g/mol. The van der Waals surface area contributed by atoms with E-state index < -0.39 is 7.82 Å². The van der Waals surface area contributed by atoms with Crippen molar-refractivity contribution in [2.45, 2.75) is 19.8 Å². The van der Waals surface area contributed by atoms with Gasteiger partial charge in [0.15, 0.2) is 0 Å². The van der Waals surface area contributed by atoms with Crippen LogP contribution in [0.4, 0.5) is 0 Å². The van der Waals surface area contributed by atoms with Crippen molar-refractivity contribution in [3.8, 4) is 0 Å². The van der Waals surface area contributed by atoms with Crippen LogP contribution in [-0.4, -0.2) is 6.61 Å². The molecule has 0 aromatic heterocycles. The number of hydrogen-bond acceptors (Lipinski definition) is 4. The third-order valence-corrected chi connectivity index (χ3v) is 1.25. The molecule has 4 nitrogen and oxygen atoms in total. The predicted octanol–water partition coefficient (Wildman–Crippen LogP) is -0.368. The Balaban J connectivity index is 0. The Labute approximate surface area is 82.1 Å². The van der Waals surface area contributed by atoms with Crippen molar-refractivity contribution in [1.82, 2.24) is 0 Å². The summed E-state index contributed by atoms with van der Waals surface area (Å²) in [6.45, 7) is 1.89. The Morgan fingerprint density at radius 2 is 2.00 bits per heavy atom. The van der Waals surface area contributed by atoms with Crippen molar-refractivity contribution in [1.29, 1.82) is 0 Å². The molecule has 0 bridgehead atoms. The summed E-state index contributed by atoms with van der Waals surface area (Å²) in [5.74, 6) is 0. The van der Waals surface area contributed by atoms with Gasteiger partial charge < -0.3 is 18.9 Å². The molecule has 0 radical (unpaired) electrons. The summed E-state index contributed by atoms with van der Waals surface area (Å²) in [6.07, 6.45) is 1.43. The Bertz CT molecular complexity index is 112. The van der Waals surface area contributed by atoms with Crippen LogP contribution in [0, 0.1) is 29.2 Å². The summed E-state index contributed by atoms with van der Waals surface area (Å²) in [5.41, 5.74) is 0. The molecule has 0 amide bonds. The molecule has 0 heterocycles. The van der Waals surface area contributed by atoms with Crippen LogP contribution < -0.4 is 9.79 Å². The van der Waals surface area contributed by atoms with Gasteiger partial charge in [-0.25, -0.2) is 0 Å². The van der Waals surface area contributed by atoms with Gasteiger partial charge in [0, 0.05) is 29.2 Å². The number of rotatable bonds is 4. The van der Waals surface area contributed by atoms with Crippen molar-refractivity contribution >= 4 is 7.82 Å². The first kappa shape index (κ1) is 13.7. The molecule has 6 heteroatoms. The molecule has 0 aromatic carbocycles. The number of phosphoric ester groups is 1. The monoisotopic (exact) mass is 390 g/mol. The van der Waals surface area contributed by atoms with Crippen LogP contribution in [0.3, 0.4) is 0 Å². The minimum Gasteiger partial charge on any atom is -0.790 e. The molecule has 0 saturated carbocycles. The van der Waals surface area contributed by atoms with Crippen LogP contribution in [0.25, 0.3) is 0 Å². The van der Waals surface area contributed by atoms with Gasteiger partial charge >= 0.3 is 0 Å². The molecule has 0 N–H and O–H groups in total. The van der Waals surface area contributed by atoms with Gasteiger partial charge in [0.1, 0.15) is 0 Å². The van der Waals surface area contributed by atoms with E-state index in [1.807, 2.05) is 6.92 Å². The standard InChI is InChI=1S/C4H11O4P.Pu/c1-2-3-4-8-9(5,6)7;/h2-4H2,1H3,(H2,5,6,7);/p-2. The molecule has 0 unspecified atom stereocenters. The van der Waals surface area contributed by atoms with Crippen molar-refractivity contribution in [3.63, 3.8) is 0 Å². The average Bonchev–Trinajstić information content (AvgIpc) is 1.63. The maximum absolute atomic E-state index is 9.76. The summed E-state index contributed by atoms with van der Waals surface area (Å²) in [5, 5.41) is 0. The van der Waals surface area contributed by atoms with Crippen LogP contribution in [0.2, 0.25) is 0 Å². The van der Waals surface area contributed by atoms with E-state index in [2.05, 4.69) is 4.52 Å². The Morgan fingerprint density at radius 1 is 1.50 bits per heavy atom. The van der Waals surface area contributed by atoms with Crippen LogP contribution in [0.15, 0.2) is 0 Å². The normalized spacial score (nSPS) is 10.7. The molecule has 0 aliphatic rings. The quantitative estimate of drug-likeness (QED) is 0.481. The zero-order valence-corrected chi connectivity index (χ0v) is 9.90. The van der Waals surface area contributed by atoms with Gasteiger partial charge in [-0.15, -0.1) is 0 Å². The largest absolute Gasteiger partial charge is 0.790 e. The number of phosphoric acid groups is 1. The second kappa shape index (κ2) is 6.79. The van der Waals surface area contributed by atoms with E-state index in [1.54, 1.807) is 0 Å². The molecule has 0 aliphatic heterocycles. The topological polar surface area (TPSA) is 72.4 Å². The van der Waals surface area contributed by atoms with Gasteiger partial charge in [-0.1, -0.05) is 13.3 Å². The molecule has 0 saturated heterocycles. The zero-order valence-electron chi connectivity index (χ0n) is 5.61. The first-order valence-corrected chi connectivity index (χ1v) is 4.19. The van der Waals surface area contributed by atoms with Crippen LogP contribution in [0.1, 0.15) is 19.8 Å². The summed E-state index contributed by atoms with van der Waals surface area (Å²) in [4.78, 5) is 19.5. The van der Waals surface area contributed by atoms with Gasteiger partial charge in [0.2, 0.25) is 0 Å². The molecule has 0 spiro atoms. The molecule has 0 aromatic rings. The Kier molecular flexibility index (Phi) is 9.28. The number of unbranched alkanes of at least 4 members (excludes halogenated alkanes) is 1. The summed E-state index contributed by atoms with van der Waals surface area (Å²) < 4.78 is 13.7. The van der Waals surface area contributed by atoms with Crippen molar-refractivity contribution in [3.05, 3.63) is 0 Å². The summed E-state index contributed by atoms with van der Waals surface area (Å²) in [7, 11) is -4.70. The van der Waals surface area contributed by atoms with Gasteiger partial charge in [-0.05, 0) is 6.42 Å². The smallest absolute Gasteiger partial charge is 0.0596 e. The van der Waals surface area contributed by atoms with Crippen LogP contribution in [-0.2, 0) is 9.09 Å². The van der Waals surface area contributed by atoms with Gasteiger partial charge in [-0.2, -0.15) is 0 Å². The van der Waals surface area contributed by atoms with Crippen molar-refractivity contribution < 1.29 is 48.1 Å². The average molecular weight is 396 g/mol. The summed E-state index contributed by atoms with van der Waals surface area (Å²) in [6, 6.07) is 0. The third kappa shape index (κ3) is 11.8. The van der Waals surface area contributed by atoms with E-state index in [1.165, 1.54) is 0 Å². The molecule has 10 heavy (non-hydrogen) atoms. The first-order valence-electron chi connectivity index (χ1n) is 2.73. The first-order chi connectivity index (χ1) is 4.06. The van der Waals surface area contributed by atoms with Gasteiger partial charge in [-0.3, -0.25) is 0 Å². The fraction of sp³-hybridized carbons (Fsp3) is 1.00. The second-order valence-corrected chi connectivity index (χ2v) is 2.79. The predicted molar refractivity (Wildman–Crippen MR) is 28.5 cm³/mol. The van der Waals surface area contributed by atoms with Crippen LogP contribution >= 0.6 is 7.82 Å². The molecule has 0 fully saturated rings. The van der Waals surface area contributed by atoms with E-state index in [0.717, 1.165) is 6.42 Å². The van der Waals surface area contributed by atoms with Gasteiger partial charge in [0.05, 0.1) is 14.4 Å². The van der Waals surface area contributed by atoms with E-state index >= 15 is 0 Å². The second-order valence-electron chi connectivity index (χ2n) is 1.63. The van der Waals surface area contributed by atoms with E-state index in [9.17, 15) is 14.4 Å². The fourth-order valence-electron chi connectivity index (χ4n) is 0.321. The Hall–Kier alpha value is 1.10. The molecular formula is C4H9O4PPu-2. The molecule has 0 aliphatic carbocycles. The van der Waals surface area contributed by atoms with Crippen molar-refractivity contribution in [2.75, 3.05) is 6.61 Å². The minimum absolute atomic E-state index is 0. The maximum Gasteiger partial charge on any atom is 0.0596 e. The molecule has 0 atom stereocenters. The van der Waals surface area contributed by atoms with E-state index in [-0.39, 0.29) is 35.8 Å². The van der Waals surface area contributed by atoms with E-state index in [4.69, 9.17) is 0 Å². The van der Waals surface area contributed by atoms with E-state index in [0.29, 0.717) is 6.42 Å². The van der Waals surface area contributed by atoms with Crippen molar-refractivity contribution in [2.24, 2.45) is 0 Å². The fourth-order valence-corrected chi connectivity index (χ4v) is 0.673. The summed E-state index contributed by atoms with van der Waals surface area (Å²) >= 11 is 0. The van der Waals surface area contributed by atoms with Crippen LogP contribution in [0.5, 0.6) is 0 Å². The zero-order chi connectivity index (χ0) is 7.33. The minimum atomic E-state index is -4.70. The molecule has 0 rings (SSSR count). The third-order valence-electron chi connectivity index (χ3n) is 0.747. The molecule has 62 valence electrons. The van der Waals surface area contributed by atoms with Gasteiger partial charge in [0.25, 0.3) is 0 Å². The SMILES string of the molecule is CCCCOP(=O)([O-])[O-].[Pu].